The van der Waals surface area contributed by atoms with Crippen molar-refractivity contribution >= 4 is 11.9 Å². The molecule has 0 aromatic rings. The second-order valence-corrected chi connectivity index (χ2v) is 6.95. The summed E-state index contributed by atoms with van der Waals surface area (Å²) >= 11 is 0. The molecule has 0 bridgehead atoms. The summed E-state index contributed by atoms with van der Waals surface area (Å²) in [6.45, 7) is 5.35. The van der Waals surface area contributed by atoms with Gasteiger partial charge in [0.25, 0.3) is 0 Å². The van der Waals surface area contributed by atoms with Crippen molar-refractivity contribution in [3.05, 3.63) is 0 Å². The van der Waals surface area contributed by atoms with Gasteiger partial charge in [0.2, 0.25) is 5.91 Å². The standard InChI is InChI=1S/C16H28N2O3/c1-11-4-3-5-14(12(11)2)17-15(19)9-18(10-16(20)21)8-13-6-7-13/h11-14H,3-10H2,1-2H3,(H,17,19)(H,20,21). The van der Waals surface area contributed by atoms with E-state index in [1.807, 2.05) is 0 Å². The zero-order valence-electron chi connectivity index (χ0n) is 13.2. The lowest BCUT2D eigenvalue weighted by Gasteiger charge is -2.35. The van der Waals surface area contributed by atoms with Crippen LogP contribution in [0.15, 0.2) is 0 Å². The molecule has 2 aliphatic carbocycles. The second-order valence-electron chi connectivity index (χ2n) is 6.95. The van der Waals surface area contributed by atoms with E-state index in [0.717, 1.165) is 32.2 Å². The second kappa shape index (κ2) is 7.25. The third-order valence-corrected chi connectivity index (χ3v) is 4.99. The predicted octanol–water partition coefficient (Wildman–Crippen LogP) is 1.72. The maximum Gasteiger partial charge on any atom is 0.317 e. The van der Waals surface area contributed by atoms with E-state index in [1.165, 1.54) is 6.42 Å². The van der Waals surface area contributed by atoms with E-state index in [0.29, 0.717) is 17.8 Å². The summed E-state index contributed by atoms with van der Waals surface area (Å²) in [4.78, 5) is 24.9. The number of hydrogen-bond donors (Lipinski definition) is 2. The fourth-order valence-electron chi connectivity index (χ4n) is 3.28. The van der Waals surface area contributed by atoms with Gasteiger partial charge in [-0.3, -0.25) is 14.5 Å². The van der Waals surface area contributed by atoms with Crippen molar-refractivity contribution in [1.29, 1.82) is 0 Å². The Hall–Kier alpha value is -1.10. The van der Waals surface area contributed by atoms with E-state index in [2.05, 4.69) is 19.2 Å². The van der Waals surface area contributed by atoms with Crippen LogP contribution in [0.3, 0.4) is 0 Å². The molecular weight excluding hydrogens is 268 g/mol. The molecule has 2 saturated carbocycles. The largest absolute Gasteiger partial charge is 0.480 e. The maximum atomic E-state index is 12.2. The van der Waals surface area contributed by atoms with Crippen molar-refractivity contribution < 1.29 is 14.7 Å². The fraction of sp³-hybridized carbons (Fsp3) is 0.875. The zero-order chi connectivity index (χ0) is 15.4. The van der Waals surface area contributed by atoms with Gasteiger partial charge in [-0.25, -0.2) is 0 Å². The van der Waals surface area contributed by atoms with E-state index in [4.69, 9.17) is 5.11 Å². The summed E-state index contributed by atoms with van der Waals surface area (Å²) < 4.78 is 0. The molecule has 2 rings (SSSR count). The van der Waals surface area contributed by atoms with E-state index in [9.17, 15) is 9.59 Å². The van der Waals surface area contributed by atoms with Crippen LogP contribution < -0.4 is 5.32 Å². The topological polar surface area (TPSA) is 69.6 Å². The molecule has 0 spiro atoms. The summed E-state index contributed by atoms with van der Waals surface area (Å²) in [5.74, 6) is 0.849. The number of carbonyl (C=O) groups excluding carboxylic acids is 1. The Morgan fingerprint density at radius 2 is 1.86 bits per heavy atom. The number of rotatable bonds is 7. The molecule has 5 heteroatoms. The van der Waals surface area contributed by atoms with Gasteiger partial charge in [0.05, 0.1) is 13.1 Å². The first kappa shape index (κ1) is 16.3. The number of carboxylic acid groups (broad SMARTS) is 1. The van der Waals surface area contributed by atoms with Crippen molar-refractivity contribution in [1.82, 2.24) is 10.2 Å². The summed E-state index contributed by atoms with van der Waals surface area (Å²) in [7, 11) is 0. The average Bonchev–Trinajstić information content (AvgIpc) is 3.18. The van der Waals surface area contributed by atoms with Crippen molar-refractivity contribution in [2.24, 2.45) is 17.8 Å². The fourth-order valence-corrected chi connectivity index (χ4v) is 3.28. The number of nitrogens with zero attached hydrogens (tertiary/aromatic N) is 1. The SMILES string of the molecule is CC1CCCC(NC(=O)CN(CC(=O)O)CC2CC2)C1C. The van der Waals surface area contributed by atoms with Gasteiger partial charge < -0.3 is 10.4 Å². The van der Waals surface area contributed by atoms with Gasteiger partial charge in [0.15, 0.2) is 0 Å². The number of carboxylic acids is 1. The molecule has 2 fully saturated rings. The summed E-state index contributed by atoms with van der Waals surface area (Å²) in [6.07, 6.45) is 5.76. The van der Waals surface area contributed by atoms with E-state index in [-0.39, 0.29) is 25.0 Å². The van der Waals surface area contributed by atoms with Gasteiger partial charge in [0, 0.05) is 12.6 Å². The highest BCUT2D eigenvalue weighted by molar-refractivity contribution is 5.79. The monoisotopic (exact) mass is 296 g/mol. The van der Waals surface area contributed by atoms with Gasteiger partial charge in [-0.15, -0.1) is 0 Å². The highest BCUT2D eigenvalue weighted by Crippen LogP contribution is 2.30. The number of hydrogen-bond acceptors (Lipinski definition) is 3. The van der Waals surface area contributed by atoms with Crippen molar-refractivity contribution in [3.8, 4) is 0 Å². The zero-order valence-corrected chi connectivity index (χ0v) is 13.2. The minimum Gasteiger partial charge on any atom is -0.480 e. The number of carbonyl (C=O) groups is 2. The molecule has 21 heavy (non-hydrogen) atoms. The Bertz CT molecular complexity index is 382. The van der Waals surface area contributed by atoms with Crippen molar-refractivity contribution in [2.45, 2.75) is 52.0 Å². The first-order valence-electron chi connectivity index (χ1n) is 8.19. The van der Waals surface area contributed by atoms with E-state index in [1.54, 1.807) is 4.90 Å². The minimum absolute atomic E-state index is 0.0251. The minimum atomic E-state index is -0.858. The van der Waals surface area contributed by atoms with Gasteiger partial charge in [0.1, 0.15) is 0 Å². The lowest BCUT2D eigenvalue weighted by molar-refractivity contribution is -0.138. The first-order chi connectivity index (χ1) is 9.95. The number of aliphatic carboxylic acids is 1. The summed E-state index contributed by atoms with van der Waals surface area (Å²) in [5, 5.41) is 12.1. The molecule has 0 aliphatic heterocycles. The molecule has 0 saturated heterocycles. The molecule has 2 aliphatic rings. The number of amides is 1. The van der Waals surface area contributed by atoms with Crippen LogP contribution in [0.25, 0.3) is 0 Å². The maximum absolute atomic E-state index is 12.2. The first-order valence-corrected chi connectivity index (χ1v) is 8.19. The van der Waals surface area contributed by atoms with Gasteiger partial charge in [-0.1, -0.05) is 26.7 Å². The van der Waals surface area contributed by atoms with Crippen LogP contribution >= 0.6 is 0 Å². The van der Waals surface area contributed by atoms with Crippen LogP contribution in [0.1, 0.15) is 46.0 Å². The lowest BCUT2D eigenvalue weighted by atomic mass is 9.78. The number of nitrogens with one attached hydrogen (secondary N) is 1. The average molecular weight is 296 g/mol. The normalized spacial score (nSPS) is 29.4. The molecule has 120 valence electrons. The molecule has 5 nitrogen and oxygen atoms in total. The highest BCUT2D eigenvalue weighted by atomic mass is 16.4. The van der Waals surface area contributed by atoms with Crippen LogP contribution in [0.2, 0.25) is 0 Å². The molecule has 0 aromatic heterocycles. The third-order valence-electron chi connectivity index (χ3n) is 4.99. The van der Waals surface area contributed by atoms with Crippen LogP contribution in [0.4, 0.5) is 0 Å². The molecule has 2 N–H and O–H groups in total. The van der Waals surface area contributed by atoms with Gasteiger partial charge in [-0.05, 0) is 37.0 Å². The molecule has 3 unspecified atom stereocenters. The molecule has 3 atom stereocenters. The Balaban J connectivity index is 1.81. The Morgan fingerprint density at radius 3 is 2.48 bits per heavy atom. The van der Waals surface area contributed by atoms with Crippen molar-refractivity contribution in [3.63, 3.8) is 0 Å². The van der Waals surface area contributed by atoms with Crippen molar-refractivity contribution in [2.75, 3.05) is 19.6 Å². The van der Waals surface area contributed by atoms with Crippen LogP contribution in [0, 0.1) is 17.8 Å². The van der Waals surface area contributed by atoms with Gasteiger partial charge >= 0.3 is 5.97 Å². The Kier molecular flexibility index (Phi) is 5.62. The molecule has 1 amide bonds. The third kappa shape index (κ3) is 5.30. The summed E-state index contributed by atoms with van der Waals surface area (Å²) in [5.41, 5.74) is 0. The Labute approximate surface area is 127 Å². The predicted molar refractivity (Wildman–Crippen MR) is 80.9 cm³/mol. The Morgan fingerprint density at radius 1 is 1.14 bits per heavy atom. The van der Waals surface area contributed by atoms with E-state index >= 15 is 0 Å². The molecule has 0 heterocycles. The van der Waals surface area contributed by atoms with Crippen LogP contribution in [-0.4, -0.2) is 47.6 Å². The lowest BCUT2D eigenvalue weighted by Crippen LogP contribution is -2.48. The molecular formula is C16H28N2O3. The van der Waals surface area contributed by atoms with Crippen LogP contribution in [-0.2, 0) is 9.59 Å². The van der Waals surface area contributed by atoms with Crippen LogP contribution in [0.5, 0.6) is 0 Å². The van der Waals surface area contributed by atoms with Gasteiger partial charge in [-0.2, -0.15) is 0 Å². The smallest absolute Gasteiger partial charge is 0.317 e. The quantitative estimate of drug-likeness (QED) is 0.750. The molecule has 0 radical (unpaired) electrons. The molecule has 0 aromatic carbocycles. The highest BCUT2D eigenvalue weighted by Gasteiger charge is 2.30. The summed E-state index contributed by atoms with van der Waals surface area (Å²) in [6, 6.07) is 0.244. The van der Waals surface area contributed by atoms with E-state index < -0.39 is 5.97 Å².